The van der Waals surface area contributed by atoms with Gasteiger partial charge in [-0.1, -0.05) is 147 Å². The number of hydrogen-bond donors (Lipinski definition) is 0. The first-order valence-electron chi connectivity index (χ1n) is 17.8. The van der Waals surface area contributed by atoms with Gasteiger partial charge in [-0.2, -0.15) is 0 Å². The summed E-state index contributed by atoms with van der Waals surface area (Å²) in [4.78, 5) is 10.2. The van der Waals surface area contributed by atoms with Crippen LogP contribution in [0, 0.1) is 13.8 Å². The second-order valence-corrected chi connectivity index (χ2v) is 13.3. The summed E-state index contributed by atoms with van der Waals surface area (Å²) in [6.07, 6.45) is 5.90. The number of aromatic nitrogens is 1. The van der Waals surface area contributed by atoms with E-state index in [1.807, 2.05) is 73.7 Å². The highest BCUT2D eigenvalue weighted by atomic mass is 16.3. The zero-order valence-electron chi connectivity index (χ0n) is 30.2. The van der Waals surface area contributed by atoms with E-state index in [0.29, 0.717) is 16.9 Å². The van der Waals surface area contributed by atoms with Crippen LogP contribution in [0.25, 0.3) is 61.9 Å². The van der Waals surface area contributed by atoms with E-state index in [9.17, 15) is 0 Å². The molecule has 256 valence electrons. The van der Waals surface area contributed by atoms with Crippen molar-refractivity contribution in [1.29, 1.82) is 0 Å². The van der Waals surface area contributed by atoms with Gasteiger partial charge in [0, 0.05) is 50.0 Å². The van der Waals surface area contributed by atoms with Gasteiger partial charge in [-0.25, -0.2) is 9.98 Å². The van der Waals surface area contributed by atoms with Gasteiger partial charge in [0.05, 0.1) is 16.7 Å². The summed E-state index contributed by atoms with van der Waals surface area (Å²) in [6.45, 7) is 15.0. The lowest BCUT2D eigenvalue weighted by atomic mass is 9.94. The second-order valence-electron chi connectivity index (χ2n) is 13.3. The standard InChI is InChI=1S/C49H39N3O/c1-6-18-44-42(31-52-43-27-16-15-25-40(43)41-30-29-33(3)46(48(41)52)38-24-14-13-19-32(38)2)47-39(26-17-28-45(47)53-44)35(5)51-49(37-22-11-8-12-23-37)50-34(4)36-20-9-7-10-21-36/h6-31H,1,5H2,2-4H3/b42-31+,44-18+,50-34?,51-49?. The maximum Gasteiger partial charge on any atom is 0.160 e. The normalized spacial score (nSPS) is 13.0. The second kappa shape index (κ2) is 14.1. The Morgan fingerprint density at radius 1 is 0.679 bits per heavy atom. The highest BCUT2D eigenvalue weighted by molar-refractivity contribution is 6.15. The molecule has 0 aliphatic rings. The summed E-state index contributed by atoms with van der Waals surface area (Å²) < 4.78 is 8.91. The molecule has 0 unspecified atom stereocenters. The lowest BCUT2D eigenvalue weighted by Crippen LogP contribution is -2.22. The molecular formula is C49H39N3O. The average Bonchev–Trinajstić information content (AvgIpc) is 3.70. The Kier molecular flexibility index (Phi) is 8.87. The number of allylic oxidation sites excluding steroid dienone is 1. The third-order valence-corrected chi connectivity index (χ3v) is 9.85. The number of fused-ring (bicyclic) bond motifs is 4. The van der Waals surface area contributed by atoms with E-state index in [-0.39, 0.29) is 0 Å². The molecule has 0 spiro atoms. The molecule has 4 heteroatoms. The van der Waals surface area contributed by atoms with Gasteiger partial charge >= 0.3 is 0 Å². The van der Waals surface area contributed by atoms with Crippen LogP contribution in [0.1, 0.15) is 34.7 Å². The Labute approximate surface area is 309 Å². The van der Waals surface area contributed by atoms with Gasteiger partial charge < -0.3 is 8.98 Å². The van der Waals surface area contributed by atoms with E-state index in [1.165, 1.54) is 33.0 Å². The van der Waals surface area contributed by atoms with Gasteiger partial charge in [-0.05, 0) is 61.2 Å². The van der Waals surface area contributed by atoms with Gasteiger partial charge in [0.25, 0.3) is 0 Å². The van der Waals surface area contributed by atoms with Crippen LogP contribution in [0.2, 0.25) is 0 Å². The van der Waals surface area contributed by atoms with Crippen LogP contribution in [0.3, 0.4) is 0 Å². The fourth-order valence-electron chi connectivity index (χ4n) is 7.27. The van der Waals surface area contributed by atoms with E-state index in [4.69, 9.17) is 14.4 Å². The van der Waals surface area contributed by atoms with Crippen LogP contribution in [0.4, 0.5) is 0 Å². The van der Waals surface area contributed by atoms with Crippen molar-refractivity contribution in [2.45, 2.75) is 20.8 Å². The molecule has 0 aliphatic carbocycles. The largest absolute Gasteiger partial charge is 0.456 e. The number of hydrogen-bond acceptors (Lipinski definition) is 2. The van der Waals surface area contributed by atoms with Gasteiger partial charge in [0.15, 0.2) is 5.84 Å². The minimum absolute atomic E-state index is 0.582. The molecule has 4 nitrogen and oxygen atoms in total. The summed E-state index contributed by atoms with van der Waals surface area (Å²) in [5.41, 5.74) is 12.8. The predicted molar refractivity (Wildman–Crippen MR) is 225 cm³/mol. The van der Waals surface area contributed by atoms with Gasteiger partial charge in [-0.3, -0.25) is 0 Å². The van der Waals surface area contributed by atoms with Crippen LogP contribution in [0.15, 0.2) is 173 Å². The predicted octanol–water partition coefficient (Wildman–Crippen LogP) is 11.0. The lowest BCUT2D eigenvalue weighted by Gasteiger charge is -2.13. The number of nitrogens with zero attached hydrogens (tertiary/aromatic N) is 3. The van der Waals surface area contributed by atoms with Crippen molar-refractivity contribution in [2.75, 3.05) is 0 Å². The number of para-hydroxylation sites is 1. The monoisotopic (exact) mass is 685 g/mol. The Bertz CT molecular complexity index is 2890. The highest BCUT2D eigenvalue weighted by Crippen LogP contribution is 2.39. The molecule has 0 aliphatic heterocycles. The van der Waals surface area contributed by atoms with Gasteiger partial charge in [0.2, 0.25) is 0 Å². The number of furan rings is 1. The highest BCUT2D eigenvalue weighted by Gasteiger charge is 2.19. The van der Waals surface area contributed by atoms with E-state index in [1.54, 1.807) is 6.08 Å². The van der Waals surface area contributed by atoms with Crippen LogP contribution < -0.4 is 10.6 Å². The minimum atomic E-state index is 0.582. The SMILES string of the molecule is C=C/C=c1/oc2cccc(C(=C)N=C(N=C(C)c3ccccc3)c3ccccc3)c2/c1=C/n1c2ccccc2c2ccc(C)c(-c3ccccc3C)c21. The third-order valence-electron chi connectivity index (χ3n) is 9.85. The van der Waals surface area contributed by atoms with E-state index >= 15 is 0 Å². The summed E-state index contributed by atoms with van der Waals surface area (Å²) in [7, 11) is 0. The first kappa shape index (κ1) is 33.4. The minimum Gasteiger partial charge on any atom is -0.456 e. The average molecular weight is 686 g/mol. The van der Waals surface area contributed by atoms with Crippen molar-refractivity contribution >= 4 is 62.3 Å². The number of aryl methyl sites for hydroxylation is 2. The van der Waals surface area contributed by atoms with Crippen molar-refractivity contribution in [1.82, 2.24) is 4.57 Å². The van der Waals surface area contributed by atoms with Crippen molar-refractivity contribution in [3.05, 3.63) is 197 Å². The smallest absolute Gasteiger partial charge is 0.160 e. The molecule has 0 saturated carbocycles. The molecule has 0 atom stereocenters. The lowest BCUT2D eigenvalue weighted by molar-refractivity contribution is 0.575. The van der Waals surface area contributed by atoms with Gasteiger partial charge in [-0.15, -0.1) is 0 Å². The first-order chi connectivity index (χ1) is 25.9. The van der Waals surface area contributed by atoms with Crippen molar-refractivity contribution in [3.8, 4) is 11.1 Å². The Balaban J connectivity index is 1.42. The Morgan fingerprint density at radius 3 is 2.13 bits per heavy atom. The van der Waals surface area contributed by atoms with Crippen molar-refractivity contribution < 1.29 is 4.42 Å². The molecular weight excluding hydrogens is 647 g/mol. The summed E-state index contributed by atoms with van der Waals surface area (Å²) in [5, 5.41) is 4.21. The maximum atomic E-state index is 6.58. The molecule has 8 aromatic rings. The maximum absolute atomic E-state index is 6.58. The number of rotatable bonds is 7. The molecule has 0 saturated heterocycles. The molecule has 6 aromatic carbocycles. The zero-order valence-corrected chi connectivity index (χ0v) is 30.2. The molecule has 2 aromatic heterocycles. The summed E-state index contributed by atoms with van der Waals surface area (Å²) >= 11 is 0. The summed E-state index contributed by atoms with van der Waals surface area (Å²) in [6, 6.07) is 47.9. The molecule has 53 heavy (non-hydrogen) atoms. The fraction of sp³-hybridized carbons (Fsp3) is 0.0612. The van der Waals surface area contributed by atoms with Crippen LogP contribution in [-0.2, 0) is 0 Å². The molecule has 0 amide bonds. The molecule has 0 N–H and O–H groups in total. The number of amidine groups is 1. The Hall–Kier alpha value is -6.78. The third kappa shape index (κ3) is 6.15. The zero-order chi connectivity index (χ0) is 36.5. The van der Waals surface area contributed by atoms with E-state index in [2.05, 4.69) is 117 Å². The number of benzene rings is 6. The molecule has 2 heterocycles. The van der Waals surface area contributed by atoms with Crippen LogP contribution >= 0.6 is 0 Å². The van der Waals surface area contributed by atoms with Crippen LogP contribution in [0.5, 0.6) is 0 Å². The van der Waals surface area contributed by atoms with E-state index < -0.39 is 0 Å². The quantitative estimate of drug-likeness (QED) is 0.122. The molecule has 0 bridgehead atoms. The Morgan fingerprint density at radius 2 is 1.38 bits per heavy atom. The van der Waals surface area contributed by atoms with E-state index in [0.717, 1.165) is 49.6 Å². The fourth-order valence-corrected chi connectivity index (χ4v) is 7.27. The summed E-state index contributed by atoms with van der Waals surface area (Å²) in [5.74, 6) is 0.585. The number of aliphatic imine (C=N–C) groups is 2. The van der Waals surface area contributed by atoms with Crippen LogP contribution in [-0.4, -0.2) is 16.1 Å². The molecule has 0 radical (unpaired) electrons. The van der Waals surface area contributed by atoms with Crippen molar-refractivity contribution in [3.63, 3.8) is 0 Å². The molecule has 0 fully saturated rings. The van der Waals surface area contributed by atoms with Crippen molar-refractivity contribution in [2.24, 2.45) is 9.98 Å². The van der Waals surface area contributed by atoms with Gasteiger partial charge in [0.1, 0.15) is 11.0 Å². The topological polar surface area (TPSA) is 42.8 Å². The first-order valence-corrected chi connectivity index (χ1v) is 17.8. The molecule has 8 rings (SSSR count).